The molecule has 0 bridgehead atoms. The third-order valence-electron chi connectivity index (χ3n) is 3.01. The summed E-state index contributed by atoms with van der Waals surface area (Å²) in [6, 6.07) is 3.91. The zero-order chi connectivity index (χ0) is 15.9. The second kappa shape index (κ2) is 8.05. The van der Waals surface area contributed by atoms with E-state index in [2.05, 4.69) is 10.3 Å². The van der Waals surface area contributed by atoms with Crippen molar-refractivity contribution in [2.24, 2.45) is 0 Å². The van der Waals surface area contributed by atoms with Gasteiger partial charge in [-0.15, -0.1) is 23.1 Å². The quantitative estimate of drug-likeness (QED) is 0.839. The second-order valence-electron chi connectivity index (χ2n) is 4.51. The number of amides is 1. The number of carbonyl (C=O) groups is 1. The van der Waals surface area contributed by atoms with E-state index in [1.54, 1.807) is 32.2 Å². The maximum absolute atomic E-state index is 11.8. The molecular weight excluding hydrogens is 320 g/mol. The fraction of sp³-hybridized carbons (Fsp3) is 0.333. The number of benzene rings is 1. The Morgan fingerprint density at radius 2 is 2.05 bits per heavy atom. The van der Waals surface area contributed by atoms with Gasteiger partial charge in [0.2, 0.25) is 5.91 Å². The van der Waals surface area contributed by atoms with Crippen LogP contribution in [0.4, 0.5) is 5.13 Å². The predicted octanol–water partition coefficient (Wildman–Crippen LogP) is 3.34. The number of ether oxygens (including phenoxy) is 2. The first-order chi connectivity index (χ1) is 10.6. The van der Waals surface area contributed by atoms with Crippen molar-refractivity contribution >= 4 is 34.1 Å². The average molecular weight is 338 g/mol. The Bertz CT molecular complexity index is 630. The van der Waals surface area contributed by atoms with Crippen LogP contribution >= 0.6 is 23.1 Å². The summed E-state index contributed by atoms with van der Waals surface area (Å²) >= 11 is 2.96. The number of nitrogens with zero attached hydrogens (tertiary/aromatic N) is 1. The normalized spacial score (nSPS) is 10.3. The Morgan fingerprint density at radius 3 is 2.68 bits per heavy atom. The number of aryl methyl sites for hydroxylation is 1. The molecule has 0 radical (unpaired) electrons. The van der Waals surface area contributed by atoms with Crippen LogP contribution < -0.4 is 14.8 Å². The number of thiazole rings is 1. The lowest BCUT2D eigenvalue weighted by molar-refractivity contribution is -0.113. The Hall–Kier alpha value is -1.73. The highest BCUT2D eigenvalue weighted by Gasteiger charge is 2.10. The first-order valence-corrected chi connectivity index (χ1v) is 8.66. The van der Waals surface area contributed by atoms with Gasteiger partial charge in [-0.3, -0.25) is 4.79 Å². The van der Waals surface area contributed by atoms with Crippen molar-refractivity contribution in [3.63, 3.8) is 0 Å². The van der Waals surface area contributed by atoms with Gasteiger partial charge in [0, 0.05) is 17.3 Å². The Labute approximate surface area is 138 Å². The maximum atomic E-state index is 11.8. The molecule has 0 fully saturated rings. The van der Waals surface area contributed by atoms with E-state index in [4.69, 9.17) is 9.47 Å². The number of anilines is 1. The number of methoxy groups -OCH3 is 2. The van der Waals surface area contributed by atoms with Crippen molar-refractivity contribution in [1.82, 2.24) is 4.98 Å². The van der Waals surface area contributed by atoms with E-state index in [9.17, 15) is 4.79 Å². The van der Waals surface area contributed by atoms with Gasteiger partial charge >= 0.3 is 0 Å². The molecule has 118 valence electrons. The van der Waals surface area contributed by atoms with Gasteiger partial charge in [0.1, 0.15) is 0 Å². The zero-order valence-corrected chi connectivity index (χ0v) is 14.3. The minimum absolute atomic E-state index is 0.0434. The minimum Gasteiger partial charge on any atom is -0.493 e. The summed E-state index contributed by atoms with van der Waals surface area (Å²) in [6.07, 6.45) is 1.67. The van der Waals surface area contributed by atoms with Gasteiger partial charge < -0.3 is 14.8 Å². The number of rotatable bonds is 7. The van der Waals surface area contributed by atoms with Crippen LogP contribution in [0.15, 0.2) is 23.7 Å². The largest absolute Gasteiger partial charge is 0.493 e. The fourth-order valence-corrected chi connectivity index (χ4v) is 3.31. The van der Waals surface area contributed by atoms with Crippen LogP contribution in [0, 0.1) is 6.92 Å². The van der Waals surface area contributed by atoms with Gasteiger partial charge in [0.05, 0.1) is 20.0 Å². The fourth-order valence-electron chi connectivity index (χ4n) is 1.87. The first-order valence-electron chi connectivity index (χ1n) is 6.62. The number of nitrogens with one attached hydrogen (secondary N) is 1. The van der Waals surface area contributed by atoms with Crippen LogP contribution in [-0.2, 0) is 10.5 Å². The smallest absolute Gasteiger partial charge is 0.236 e. The Balaban J connectivity index is 1.90. The lowest BCUT2D eigenvalue weighted by Gasteiger charge is -2.12. The summed E-state index contributed by atoms with van der Waals surface area (Å²) < 4.78 is 10.6. The highest BCUT2D eigenvalue weighted by atomic mass is 32.2. The van der Waals surface area contributed by atoms with Gasteiger partial charge in [-0.05, 0) is 30.2 Å². The van der Waals surface area contributed by atoms with E-state index in [0.717, 1.165) is 22.6 Å². The zero-order valence-electron chi connectivity index (χ0n) is 12.7. The Morgan fingerprint density at radius 1 is 1.32 bits per heavy atom. The molecule has 0 unspecified atom stereocenters. The number of carbonyl (C=O) groups excluding carboxylic acids is 1. The molecule has 5 nitrogen and oxygen atoms in total. The van der Waals surface area contributed by atoms with Crippen molar-refractivity contribution < 1.29 is 14.3 Å². The van der Waals surface area contributed by atoms with Gasteiger partial charge in [-0.1, -0.05) is 0 Å². The van der Waals surface area contributed by atoms with Crippen LogP contribution in [0.2, 0.25) is 0 Å². The van der Waals surface area contributed by atoms with Crippen molar-refractivity contribution in [1.29, 1.82) is 0 Å². The van der Waals surface area contributed by atoms with Crippen LogP contribution in [0.1, 0.15) is 11.1 Å². The van der Waals surface area contributed by atoms with Gasteiger partial charge in [0.25, 0.3) is 0 Å². The molecule has 1 amide bonds. The summed E-state index contributed by atoms with van der Waals surface area (Å²) in [5, 5.41) is 5.23. The average Bonchev–Trinajstić information content (AvgIpc) is 3.01. The third kappa shape index (κ3) is 4.38. The second-order valence-corrected chi connectivity index (χ2v) is 6.39. The molecule has 0 saturated carbocycles. The Kier molecular flexibility index (Phi) is 6.09. The molecule has 0 aliphatic heterocycles. The molecule has 22 heavy (non-hydrogen) atoms. The summed E-state index contributed by atoms with van der Waals surface area (Å²) in [5.41, 5.74) is 2.25. The topological polar surface area (TPSA) is 60.5 Å². The summed E-state index contributed by atoms with van der Waals surface area (Å²) in [5.74, 6) is 2.49. The molecule has 1 aromatic carbocycles. The van der Waals surface area contributed by atoms with Gasteiger partial charge in [-0.2, -0.15) is 0 Å². The molecular formula is C15H18N2O3S2. The molecule has 1 N–H and O–H groups in total. The molecule has 2 aromatic rings. The third-order valence-corrected chi connectivity index (χ3v) is 4.68. The molecule has 7 heteroatoms. The molecule has 2 rings (SSSR count). The highest BCUT2D eigenvalue weighted by molar-refractivity contribution is 7.99. The number of thioether (sulfide) groups is 1. The van der Waals surface area contributed by atoms with Crippen LogP contribution in [0.25, 0.3) is 0 Å². The van der Waals surface area contributed by atoms with E-state index < -0.39 is 0 Å². The van der Waals surface area contributed by atoms with Gasteiger partial charge in [-0.25, -0.2) is 4.98 Å². The van der Waals surface area contributed by atoms with E-state index in [1.807, 2.05) is 24.4 Å². The number of hydrogen-bond acceptors (Lipinski definition) is 6. The standard InChI is InChI=1S/C15H18N2O3S2/c1-10-6-12(19-2)13(20-3)7-11(10)8-21-9-14(18)17-15-16-4-5-22-15/h4-7H,8-9H2,1-3H3,(H,16,17,18). The number of hydrogen-bond donors (Lipinski definition) is 1. The van der Waals surface area contributed by atoms with Gasteiger partial charge in [0.15, 0.2) is 16.6 Å². The highest BCUT2D eigenvalue weighted by Crippen LogP contribution is 2.31. The molecule has 1 heterocycles. The maximum Gasteiger partial charge on any atom is 0.236 e. The summed E-state index contributed by atoms with van der Waals surface area (Å²) in [6.45, 7) is 2.02. The van der Waals surface area contributed by atoms with E-state index in [-0.39, 0.29) is 5.91 Å². The monoisotopic (exact) mass is 338 g/mol. The van der Waals surface area contributed by atoms with Crippen molar-refractivity contribution in [3.8, 4) is 11.5 Å². The van der Waals surface area contributed by atoms with E-state index in [1.165, 1.54) is 11.3 Å². The first kappa shape index (κ1) is 16.6. The molecule has 0 aliphatic carbocycles. The van der Waals surface area contributed by atoms with Crippen LogP contribution in [0.5, 0.6) is 11.5 Å². The summed E-state index contributed by atoms with van der Waals surface area (Å²) in [4.78, 5) is 15.8. The van der Waals surface area contributed by atoms with Crippen molar-refractivity contribution in [3.05, 3.63) is 34.8 Å². The van der Waals surface area contributed by atoms with Crippen molar-refractivity contribution in [2.45, 2.75) is 12.7 Å². The molecule has 0 spiro atoms. The minimum atomic E-state index is -0.0434. The van der Waals surface area contributed by atoms with E-state index >= 15 is 0 Å². The SMILES string of the molecule is COc1cc(C)c(CSCC(=O)Nc2nccs2)cc1OC. The molecule has 0 atom stereocenters. The van der Waals surface area contributed by atoms with Crippen LogP contribution in [-0.4, -0.2) is 30.9 Å². The predicted molar refractivity (Wildman–Crippen MR) is 91.2 cm³/mol. The summed E-state index contributed by atoms with van der Waals surface area (Å²) in [7, 11) is 3.24. The molecule has 0 aliphatic rings. The van der Waals surface area contributed by atoms with Crippen LogP contribution in [0.3, 0.4) is 0 Å². The lowest BCUT2D eigenvalue weighted by atomic mass is 10.1. The molecule has 1 aromatic heterocycles. The lowest BCUT2D eigenvalue weighted by Crippen LogP contribution is -2.13. The van der Waals surface area contributed by atoms with E-state index in [0.29, 0.717) is 16.6 Å². The molecule has 0 saturated heterocycles. The van der Waals surface area contributed by atoms with Crippen molar-refractivity contribution in [2.75, 3.05) is 25.3 Å². The number of aromatic nitrogens is 1.